The van der Waals surface area contributed by atoms with Crippen molar-refractivity contribution in [3.63, 3.8) is 0 Å². The van der Waals surface area contributed by atoms with E-state index in [1.807, 2.05) is 77.9 Å². The topological polar surface area (TPSA) is 103 Å². The minimum Gasteiger partial charge on any atom is -0.493 e. The molecule has 0 fully saturated rings. The van der Waals surface area contributed by atoms with E-state index in [1.54, 1.807) is 38.1 Å². The Morgan fingerprint density at radius 3 is 1.83 bits per heavy atom. The smallest absolute Gasteiger partial charge is 0.363 e. The molecule has 240 valence electrons. The molecule has 0 saturated heterocycles. The molecular formula is C36H38N2O8. The zero-order valence-electron chi connectivity index (χ0n) is 27.5. The van der Waals surface area contributed by atoms with Crippen molar-refractivity contribution >= 4 is 38.2 Å². The van der Waals surface area contributed by atoms with E-state index in [4.69, 9.17) is 37.9 Å². The average molecular weight is 627 g/mol. The number of fused-ring (bicyclic) bond motifs is 7. The Hall–Kier alpha value is -5.12. The average Bonchev–Trinajstić information content (AvgIpc) is 3.36. The van der Waals surface area contributed by atoms with Crippen molar-refractivity contribution in [3.05, 3.63) is 59.1 Å². The number of hydrogen-bond donors (Lipinski definition) is 0. The van der Waals surface area contributed by atoms with E-state index in [-0.39, 0.29) is 23.8 Å². The van der Waals surface area contributed by atoms with Crippen LogP contribution in [0.2, 0.25) is 0 Å². The quantitative estimate of drug-likeness (QED) is 0.141. The van der Waals surface area contributed by atoms with Crippen molar-refractivity contribution in [3.8, 4) is 45.6 Å². The minimum absolute atomic E-state index is 0.0537. The van der Waals surface area contributed by atoms with E-state index >= 15 is 0 Å². The van der Waals surface area contributed by atoms with Gasteiger partial charge in [0.15, 0.2) is 40.0 Å². The van der Waals surface area contributed by atoms with Gasteiger partial charge >= 0.3 is 5.63 Å². The summed E-state index contributed by atoms with van der Waals surface area (Å²) in [7, 11) is 4.79. The monoisotopic (exact) mass is 626 g/mol. The molecule has 10 nitrogen and oxygen atoms in total. The highest BCUT2D eigenvalue weighted by molar-refractivity contribution is 6.21. The molecule has 0 spiro atoms. The third kappa shape index (κ3) is 5.27. The Labute approximate surface area is 266 Å². The second kappa shape index (κ2) is 12.0. The number of methoxy groups -OCH3 is 3. The summed E-state index contributed by atoms with van der Waals surface area (Å²) in [5, 5.41) is 7.68. The van der Waals surface area contributed by atoms with Crippen LogP contribution in [-0.4, -0.2) is 49.3 Å². The second-order valence-electron chi connectivity index (χ2n) is 11.8. The van der Waals surface area contributed by atoms with Crippen molar-refractivity contribution in [1.29, 1.82) is 0 Å². The third-order valence-corrected chi connectivity index (χ3v) is 7.52. The number of aromatic nitrogens is 2. The zero-order valence-corrected chi connectivity index (χ0v) is 27.5. The van der Waals surface area contributed by atoms with Crippen LogP contribution in [0, 0.1) is 0 Å². The Morgan fingerprint density at radius 1 is 0.652 bits per heavy atom. The van der Waals surface area contributed by atoms with Crippen LogP contribution in [0.1, 0.15) is 41.5 Å². The molecule has 0 saturated carbocycles. The van der Waals surface area contributed by atoms with Crippen molar-refractivity contribution in [2.24, 2.45) is 0 Å². The fraction of sp³-hybridized carbons (Fsp3) is 0.333. The lowest BCUT2D eigenvalue weighted by Crippen LogP contribution is -2.08. The van der Waals surface area contributed by atoms with Crippen LogP contribution in [0.25, 0.3) is 49.3 Å². The molecule has 0 bridgehead atoms. The van der Waals surface area contributed by atoms with Gasteiger partial charge in [0.2, 0.25) is 0 Å². The van der Waals surface area contributed by atoms with E-state index in [1.165, 1.54) is 0 Å². The normalized spacial score (nSPS) is 11.8. The Morgan fingerprint density at radius 2 is 1.22 bits per heavy atom. The molecule has 0 aliphatic heterocycles. The number of rotatable bonds is 10. The first kappa shape index (κ1) is 30.9. The van der Waals surface area contributed by atoms with Gasteiger partial charge in [0.1, 0.15) is 5.58 Å². The molecule has 46 heavy (non-hydrogen) atoms. The van der Waals surface area contributed by atoms with Gasteiger partial charge in [-0.1, -0.05) is 6.07 Å². The number of nitrogens with zero attached hydrogens (tertiary/aromatic N) is 2. The van der Waals surface area contributed by atoms with Gasteiger partial charge < -0.3 is 32.8 Å². The van der Waals surface area contributed by atoms with Crippen molar-refractivity contribution in [1.82, 2.24) is 9.61 Å². The summed E-state index contributed by atoms with van der Waals surface area (Å²) >= 11 is 0. The van der Waals surface area contributed by atoms with Gasteiger partial charge in [-0.25, -0.2) is 9.31 Å². The highest BCUT2D eigenvalue weighted by Gasteiger charge is 2.26. The Balaban J connectivity index is 1.81. The van der Waals surface area contributed by atoms with Gasteiger partial charge in [0.25, 0.3) is 0 Å². The van der Waals surface area contributed by atoms with Gasteiger partial charge in [0.05, 0.1) is 51.4 Å². The molecule has 6 aromatic rings. The summed E-state index contributed by atoms with van der Waals surface area (Å²) in [4.78, 5) is 13.9. The van der Waals surface area contributed by atoms with Crippen LogP contribution in [0.15, 0.2) is 57.9 Å². The number of hydrogen-bond acceptors (Lipinski definition) is 9. The molecule has 3 aromatic heterocycles. The zero-order chi connectivity index (χ0) is 32.9. The van der Waals surface area contributed by atoms with Crippen LogP contribution in [-0.2, 0) is 0 Å². The maximum atomic E-state index is 13.9. The predicted molar refractivity (Wildman–Crippen MR) is 179 cm³/mol. The third-order valence-electron chi connectivity index (χ3n) is 7.52. The fourth-order valence-electron chi connectivity index (χ4n) is 5.82. The van der Waals surface area contributed by atoms with E-state index in [9.17, 15) is 4.79 Å². The molecule has 0 N–H and O–H groups in total. The van der Waals surface area contributed by atoms with Gasteiger partial charge in [-0.05, 0) is 77.4 Å². The summed E-state index contributed by atoms with van der Waals surface area (Å²) in [5.41, 5.74) is 2.30. The fourth-order valence-corrected chi connectivity index (χ4v) is 5.82. The SMILES string of the molecule is COc1cc(-c2c3c4cc(OC)c(OC(C)C)cc4oc(=O)c3n3ncc4cc(OC(C)C)c(OC)cc4c23)ccc1OC(C)C. The molecule has 0 atom stereocenters. The molecule has 0 amide bonds. The molecule has 10 heteroatoms. The van der Waals surface area contributed by atoms with Gasteiger partial charge in [-0.3, -0.25) is 0 Å². The summed E-state index contributed by atoms with van der Waals surface area (Å²) in [5.74, 6) is 3.28. The Bertz CT molecular complexity index is 2160. The standard InChI is InChI=1S/C36H38N2O8/c1-18(2)43-25-11-10-21(12-27(25)40-7)32-33-24-15-29(42-9)31(45-20(5)6)16-26(24)46-36(39)35(33)38-34(32)23-14-28(41-8)30(44-19(3)4)13-22(23)17-37-38/h10-20H,1-9H3. The maximum Gasteiger partial charge on any atom is 0.363 e. The van der Waals surface area contributed by atoms with E-state index in [0.717, 1.165) is 21.9 Å². The lowest BCUT2D eigenvalue weighted by atomic mass is 9.98. The highest BCUT2D eigenvalue weighted by Crippen LogP contribution is 2.46. The first-order valence-corrected chi connectivity index (χ1v) is 15.2. The molecule has 0 aliphatic rings. The molecule has 3 heterocycles. The lowest BCUT2D eigenvalue weighted by Gasteiger charge is -2.16. The molecule has 3 aromatic carbocycles. The van der Waals surface area contributed by atoms with Crippen LogP contribution in [0.3, 0.4) is 0 Å². The largest absolute Gasteiger partial charge is 0.493 e. The van der Waals surface area contributed by atoms with Crippen LogP contribution in [0.4, 0.5) is 0 Å². The first-order chi connectivity index (χ1) is 22.0. The van der Waals surface area contributed by atoms with Gasteiger partial charge in [-0.2, -0.15) is 5.10 Å². The summed E-state index contributed by atoms with van der Waals surface area (Å²) in [6.07, 6.45) is 1.47. The molecule has 0 radical (unpaired) electrons. The van der Waals surface area contributed by atoms with E-state index in [0.29, 0.717) is 56.4 Å². The Kier molecular flexibility index (Phi) is 8.06. The minimum atomic E-state index is -0.547. The van der Waals surface area contributed by atoms with Gasteiger partial charge in [0, 0.05) is 33.2 Å². The maximum absolute atomic E-state index is 13.9. The summed E-state index contributed by atoms with van der Waals surface area (Å²) < 4.78 is 43.0. The van der Waals surface area contributed by atoms with Crippen molar-refractivity contribution in [2.75, 3.05) is 21.3 Å². The molecule has 0 unspecified atom stereocenters. The van der Waals surface area contributed by atoms with Crippen molar-refractivity contribution in [2.45, 2.75) is 59.9 Å². The molecular weight excluding hydrogens is 588 g/mol. The van der Waals surface area contributed by atoms with Gasteiger partial charge in [-0.15, -0.1) is 0 Å². The summed E-state index contributed by atoms with van der Waals surface area (Å²) in [6, 6.07) is 13.1. The number of ether oxygens (including phenoxy) is 6. The lowest BCUT2D eigenvalue weighted by molar-refractivity contribution is 0.230. The molecule has 6 rings (SSSR count). The predicted octanol–water partition coefficient (Wildman–Crippen LogP) is 7.80. The van der Waals surface area contributed by atoms with E-state index in [2.05, 4.69) is 0 Å². The van der Waals surface area contributed by atoms with Crippen molar-refractivity contribution < 1.29 is 32.8 Å². The van der Waals surface area contributed by atoms with Crippen LogP contribution < -0.4 is 34.0 Å². The number of benzene rings is 3. The summed E-state index contributed by atoms with van der Waals surface area (Å²) in [6.45, 7) is 11.7. The highest BCUT2D eigenvalue weighted by atomic mass is 16.5. The second-order valence-corrected chi connectivity index (χ2v) is 11.8. The van der Waals surface area contributed by atoms with Crippen LogP contribution in [0.5, 0.6) is 34.5 Å². The first-order valence-electron chi connectivity index (χ1n) is 15.2. The van der Waals surface area contributed by atoms with E-state index < -0.39 is 5.63 Å². The molecule has 0 aliphatic carbocycles. The van der Waals surface area contributed by atoms with Crippen LogP contribution >= 0.6 is 0 Å².